The molecule has 4 amide bonds. The lowest BCUT2D eigenvalue weighted by molar-refractivity contribution is -0.131. The van der Waals surface area contributed by atoms with Crippen LogP contribution in [0, 0.1) is 11.7 Å². The highest BCUT2D eigenvalue weighted by atomic mass is 19.1. The van der Waals surface area contributed by atoms with Gasteiger partial charge < -0.3 is 26.0 Å². The number of nitrogens with one attached hydrogen (secondary N) is 4. The highest BCUT2D eigenvalue weighted by Gasteiger charge is 2.30. The Balaban J connectivity index is 1.84. The van der Waals surface area contributed by atoms with Crippen molar-refractivity contribution in [3.63, 3.8) is 0 Å². The van der Waals surface area contributed by atoms with Gasteiger partial charge in [-0.3, -0.25) is 19.2 Å². The predicted molar refractivity (Wildman–Crippen MR) is 149 cm³/mol. The maximum Gasteiger partial charge on any atom is 0.255 e. The van der Waals surface area contributed by atoms with Crippen LogP contribution in [0.2, 0.25) is 0 Å². The zero-order valence-corrected chi connectivity index (χ0v) is 23.5. The number of para-hydroxylation sites is 1. The van der Waals surface area contributed by atoms with Gasteiger partial charge in [0.1, 0.15) is 23.7 Å². The van der Waals surface area contributed by atoms with Gasteiger partial charge in [-0.25, -0.2) is 4.39 Å². The van der Waals surface area contributed by atoms with Crippen LogP contribution in [0.1, 0.15) is 62.9 Å². The summed E-state index contributed by atoms with van der Waals surface area (Å²) in [6.07, 6.45) is 0.535. The Morgan fingerprint density at radius 3 is 2.48 bits per heavy atom. The molecule has 0 fully saturated rings. The lowest BCUT2D eigenvalue weighted by Gasteiger charge is -2.27. The minimum atomic E-state index is -1.22. The van der Waals surface area contributed by atoms with Crippen molar-refractivity contribution in [2.24, 2.45) is 5.92 Å². The molecule has 0 aromatic heterocycles. The second-order valence-corrected chi connectivity index (χ2v) is 11.1. The summed E-state index contributed by atoms with van der Waals surface area (Å²) in [5, 5.41) is 11.1. The van der Waals surface area contributed by atoms with Gasteiger partial charge in [-0.1, -0.05) is 52.0 Å². The largest absolute Gasteiger partial charge is 0.493 e. The topological polar surface area (TPSA) is 126 Å². The number of ether oxygens (including phenoxy) is 1. The van der Waals surface area contributed by atoms with E-state index in [0.29, 0.717) is 25.1 Å². The van der Waals surface area contributed by atoms with Gasteiger partial charge in [0.25, 0.3) is 5.91 Å². The molecule has 2 atom stereocenters. The Morgan fingerprint density at radius 2 is 1.77 bits per heavy atom. The molecule has 0 aliphatic carbocycles. The molecule has 0 saturated carbocycles. The van der Waals surface area contributed by atoms with Crippen molar-refractivity contribution in [3.8, 4) is 5.75 Å². The van der Waals surface area contributed by atoms with E-state index >= 15 is 0 Å². The predicted octanol–water partition coefficient (Wildman–Crippen LogP) is 2.84. The number of hydrogen-bond acceptors (Lipinski definition) is 5. The van der Waals surface area contributed by atoms with Gasteiger partial charge in [-0.15, -0.1) is 0 Å². The van der Waals surface area contributed by atoms with E-state index in [-0.39, 0.29) is 42.8 Å². The summed E-state index contributed by atoms with van der Waals surface area (Å²) in [7, 11) is 0. The van der Waals surface area contributed by atoms with Gasteiger partial charge >= 0.3 is 0 Å². The van der Waals surface area contributed by atoms with Crippen LogP contribution < -0.4 is 26.0 Å². The van der Waals surface area contributed by atoms with Crippen molar-refractivity contribution >= 4 is 23.6 Å². The molecular weight excluding hydrogens is 515 g/mol. The molecule has 40 heavy (non-hydrogen) atoms. The van der Waals surface area contributed by atoms with Crippen LogP contribution in [-0.2, 0) is 19.8 Å². The van der Waals surface area contributed by atoms with Crippen LogP contribution in [0.25, 0.3) is 0 Å². The number of benzene rings is 2. The average molecular weight is 555 g/mol. The van der Waals surface area contributed by atoms with Crippen molar-refractivity contribution < 1.29 is 28.3 Å². The molecule has 1 heterocycles. The van der Waals surface area contributed by atoms with Gasteiger partial charge in [-0.05, 0) is 48.6 Å². The molecule has 1 aliphatic heterocycles. The fourth-order valence-electron chi connectivity index (χ4n) is 4.39. The van der Waals surface area contributed by atoms with Crippen molar-refractivity contribution in [2.75, 3.05) is 19.7 Å². The molecule has 0 unspecified atom stereocenters. The Bertz CT molecular complexity index is 1200. The van der Waals surface area contributed by atoms with Crippen molar-refractivity contribution in [1.82, 2.24) is 21.3 Å². The summed E-state index contributed by atoms with van der Waals surface area (Å²) < 4.78 is 19.2. The molecule has 2 aromatic rings. The molecular formula is C30H39FN4O5. The van der Waals surface area contributed by atoms with E-state index in [9.17, 15) is 23.6 Å². The van der Waals surface area contributed by atoms with Crippen LogP contribution in [0.5, 0.6) is 5.75 Å². The molecule has 0 radical (unpaired) electrons. The quantitative estimate of drug-likeness (QED) is 0.437. The highest BCUT2D eigenvalue weighted by molar-refractivity contribution is 6.01. The zero-order chi connectivity index (χ0) is 29.3. The first kappa shape index (κ1) is 30.6. The molecule has 10 heteroatoms. The Labute approximate surface area is 234 Å². The first-order chi connectivity index (χ1) is 19.0. The van der Waals surface area contributed by atoms with Crippen molar-refractivity contribution in [2.45, 2.75) is 64.5 Å². The summed E-state index contributed by atoms with van der Waals surface area (Å²) in [5.41, 5.74) is 0.478. The van der Waals surface area contributed by atoms with Crippen LogP contribution in [0.3, 0.4) is 0 Å². The van der Waals surface area contributed by atoms with E-state index < -0.39 is 35.2 Å². The van der Waals surface area contributed by atoms with Gasteiger partial charge in [0.2, 0.25) is 17.7 Å². The lowest BCUT2D eigenvalue weighted by Crippen LogP contribution is -2.53. The standard InChI is InChI=1S/C30H39FN4O5/c1-19(2)16-23-28(38)32-14-7-15-40-25-9-6-5-8-22(25)27(37)35-24(17-26(36)34-23)29(39)33-18-30(3,4)20-10-12-21(31)13-11-20/h5-6,8-13,19,23-24H,7,14-18H2,1-4H3,(H,32,38)(H,33,39)(H,34,36)(H,35,37)/t23-,24-/m0/s1. The summed E-state index contributed by atoms with van der Waals surface area (Å²) >= 11 is 0. The smallest absolute Gasteiger partial charge is 0.255 e. The van der Waals surface area contributed by atoms with Crippen molar-refractivity contribution in [1.29, 1.82) is 0 Å². The molecule has 4 N–H and O–H groups in total. The van der Waals surface area contributed by atoms with Gasteiger partial charge in [0, 0.05) is 18.5 Å². The second kappa shape index (κ2) is 13.9. The molecule has 0 bridgehead atoms. The molecule has 1 aliphatic rings. The Kier molecular flexibility index (Phi) is 10.6. The molecule has 216 valence electrons. The minimum Gasteiger partial charge on any atom is -0.493 e. The Hall–Kier alpha value is -3.95. The third-order valence-corrected chi connectivity index (χ3v) is 6.71. The van der Waals surface area contributed by atoms with Crippen LogP contribution in [-0.4, -0.2) is 55.4 Å². The van der Waals surface area contributed by atoms with E-state index in [1.165, 1.54) is 12.1 Å². The number of amides is 4. The monoisotopic (exact) mass is 554 g/mol. The zero-order valence-electron chi connectivity index (χ0n) is 23.5. The minimum absolute atomic E-state index is 0.128. The van der Waals surface area contributed by atoms with E-state index in [2.05, 4.69) is 21.3 Å². The van der Waals surface area contributed by atoms with Crippen molar-refractivity contribution in [3.05, 3.63) is 65.5 Å². The van der Waals surface area contributed by atoms with E-state index in [1.54, 1.807) is 36.4 Å². The van der Waals surface area contributed by atoms with E-state index in [4.69, 9.17) is 4.74 Å². The van der Waals surface area contributed by atoms with Gasteiger partial charge in [0.05, 0.1) is 18.6 Å². The second-order valence-electron chi connectivity index (χ2n) is 11.1. The number of hydrogen-bond donors (Lipinski definition) is 4. The van der Waals surface area contributed by atoms with Crippen LogP contribution >= 0.6 is 0 Å². The third kappa shape index (κ3) is 8.79. The van der Waals surface area contributed by atoms with Gasteiger partial charge in [-0.2, -0.15) is 0 Å². The molecule has 9 nitrogen and oxygen atoms in total. The van der Waals surface area contributed by atoms with E-state index in [0.717, 1.165) is 5.56 Å². The summed E-state index contributed by atoms with van der Waals surface area (Å²) in [6.45, 7) is 8.44. The number of carbonyl (C=O) groups excluding carboxylic acids is 4. The first-order valence-electron chi connectivity index (χ1n) is 13.6. The Morgan fingerprint density at radius 1 is 1.07 bits per heavy atom. The molecule has 0 spiro atoms. The number of fused-ring (bicyclic) bond motifs is 1. The normalized spacial score (nSPS) is 19.2. The third-order valence-electron chi connectivity index (χ3n) is 6.71. The van der Waals surface area contributed by atoms with E-state index in [1.807, 2.05) is 27.7 Å². The number of carbonyl (C=O) groups is 4. The SMILES string of the molecule is CC(C)C[C@@H]1NC(=O)C[C@@H](C(=O)NCC(C)(C)c2ccc(F)cc2)NC(=O)c2ccccc2OCCCNC1=O. The summed E-state index contributed by atoms with van der Waals surface area (Å²) in [5.74, 6) is -1.89. The highest BCUT2D eigenvalue weighted by Crippen LogP contribution is 2.23. The lowest BCUT2D eigenvalue weighted by atomic mass is 9.84. The van der Waals surface area contributed by atoms with Gasteiger partial charge in [0.15, 0.2) is 0 Å². The number of halogens is 1. The van der Waals surface area contributed by atoms with Crippen LogP contribution in [0.4, 0.5) is 4.39 Å². The fourth-order valence-corrected chi connectivity index (χ4v) is 4.39. The maximum absolute atomic E-state index is 13.4. The molecule has 2 aromatic carbocycles. The fraction of sp³-hybridized carbons (Fsp3) is 0.467. The maximum atomic E-state index is 13.4. The molecule has 0 saturated heterocycles. The average Bonchev–Trinajstić information content (AvgIpc) is 2.90. The van der Waals surface area contributed by atoms with Crippen LogP contribution in [0.15, 0.2) is 48.5 Å². The summed E-state index contributed by atoms with van der Waals surface area (Å²) in [6, 6.07) is 10.6. The summed E-state index contributed by atoms with van der Waals surface area (Å²) in [4.78, 5) is 52.6. The first-order valence-corrected chi connectivity index (χ1v) is 13.6. The molecule has 3 rings (SSSR count). The number of rotatable bonds is 6.